The molecule has 51 heavy (non-hydrogen) atoms. The van der Waals surface area contributed by atoms with Crippen LogP contribution in [-0.2, 0) is 11.2 Å². The highest BCUT2D eigenvalue weighted by atomic mass is 16.5. The molecular weight excluding hydrogens is 621 g/mol. The van der Waals surface area contributed by atoms with Gasteiger partial charge in [0.25, 0.3) is 0 Å². The molecule has 252 valence electrons. The Bertz CT molecular complexity index is 2140. The first-order valence-electron chi connectivity index (χ1n) is 18.5. The van der Waals surface area contributed by atoms with E-state index < -0.39 is 0 Å². The number of hydrogen-bond acceptors (Lipinski definition) is 1. The zero-order valence-corrected chi connectivity index (χ0v) is 29.5. The number of fused-ring (bicyclic) bond motifs is 2. The zero-order valence-electron chi connectivity index (χ0n) is 29.5. The van der Waals surface area contributed by atoms with Gasteiger partial charge >= 0.3 is 11.5 Å². The van der Waals surface area contributed by atoms with Crippen molar-refractivity contribution in [3.8, 4) is 22.5 Å². The maximum atomic E-state index is 6.89. The summed E-state index contributed by atoms with van der Waals surface area (Å²) in [7, 11) is 0. The molecule has 1 fully saturated rings. The first kappa shape index (κ1) is 32.7. The number of rotatable bonds is 7. The number of hydrogen-bond donors (Lipinski definition) is 0. The van der Waals surface area contributed by atoms with Gasteiger partial charge in [-0.25, -0.2) is 4.42 Å². The van der Waals surface area contributed by atoms with Crippen LogP contribution >= 0.6 is 0 Å². The minimum Gasteiger partial charge on any atom is -0.485 e. The van der Waals surface area contributed by atoms with Crippen LogP contribution in [0.5, 0.6) is 0 Å². The Kier molecular flexibility index (Phi) is 9.49. The standard InChI is InChI=1S/C49H45O2/c1-34-28-40(48-44(30-34)42(36-18-8-3-9-19-36)32-46(50-48)38-22-12-5-13-23-38)26-16-7-17-27-41-29-35(2)31-45-43(37-20-10-4-11-21-37)33-47(51-49(41)45)39-24-14-6-15-25-39/h3-27,32-35,40,48H,28-31H2,1-2H3/q+1/b17-7?,26-16?,41-27+. The normalized spacial score (nSPS) is 22.5. The summed E-state index contributed by atoms with van der Waals surface area (Å²) >= 11 is 0. The lowest BCUT2D eigenvalue weighted by Crippen LogP contribution is -2.34. The van der Waals surface area contributed by atoms with Crippen molar-refractivity contribution >= 4 is 16.9 Å². The van der Waals surface area contributed by atoms with Gasteiger partial charge in [-0.05, 0) is 84.1 Å². The number of ether oxygens (including phenoxy) is 1. The Morgan fingerprint density at radius 1 is 0.627 bits per heavy atom. The highest BCUT2D eigenvalue weighted by molar-refractivity contribution is 5.86. The predicted molar refractivity (Wildman–Crippen MR) is 212 cm³/mol. The quantitative estimate of drug-likeness (QED) is 0.127. The van der Waals surface area contributed by atoms with Crippen LogP contribution in [0.4, 0.5) is 0 Å². The summed E-state index contributed by atoms with van der Waals surface area (Å²) in [5.74, 6) is 4.25. The molecule has 0 amide bonds. The fraction of sp³-hybridized carbons (Fsp3) is 0.204. The Balaban J connectivity index is 1.11. The van der Waals surface area contributed by atoms with E-state index in [1.807, 2.05) is 0 Å². The molecule has 2 heterocycles. The molecule has 2 aliphatic carbocycles. The van der Waals surface area contributed by atoms with Gasteiger partial charge in [-0.15, -0.1) is 0 Å². The maximum Gasteiger partial charge on any atom is 0.361 e. The Morgan fingerprint density at radius 2 is 1.25 bits per heavy atom. The fourth-order valence-corrected chi connectivity index (χ4v) is 8.16. The van der Waals surface area contributed by atoms with Gasteiger partial charge in [0.1, 0.15) is 11.9 Å². The average Bonchev–Trinajstić information content (AvgIpc) is 3.18. The van der Waals surface area contributed by atoms with E-state index >= 15 is 0 Å². The van der Waals surface area contributed by atoms with Crippen molar-refractivity contribution in [2.45, 2.75) is 45.6 Å². The SMILES string of the molecule is CC1C/C(=C\C=CC=CC2CC(C)CC3=C(c4ccccc4)C=C(c4ccccc4)OC32)c2[o+]c(-c3ccccc3)cc(-c3ccccc3)c2C1. The summed E-state index contributed by atoms with van der Waals surface area (Å²) in [6.07, 6.45) is 17.6. The van der Waals surface area contributed by atoms with Crippen molar-refractivity contribution < 1.29 is 9.15 Å². The highest BCUT2D eigenvalue weighted by Gasteiger charge is 2.37. The highest BCUT2D eigenvalue weighted by Crippen LogP contribution is 2.46. The van der Waals surface area contributed by atoms with E-state index in [4.69, 9.17) is 9.15 Å². The third-order valence-electron chi connectivity index (χ3n) is 10.5. The monoisotopic (exact) mass is 665 g/mol. The zero-order chi connectivity index (χ0) is 34.6. The summed E-state index contributed by atoms with van der Waals surface area (Å²) in [5.41, 5.74) is 11.2. The lowest BCUT2D eigenvalue weighted by Gasteiger charge is -2.40. The molecule has 1 aliphatic heterocycles. The Labute approximate surface area is 302 Å². The van der Waals surface area contributed by atoms with Crippen LogP contribution in [0.25, 0.3) is 39.4 Å². The van der Waals surface area contributed by atoms with E-state index in [9.17, 15) is 0 Å². The van der Waals surface area contributed by atoms with Crippen LogP contribution in [0.1, 0.15) is 55.6 Å². The summed E-state index contributed by atoms with van der Waals surface area (Å²) in [6, 6.07) is 44.8. The summed E-state index contributed by atoms with van der Waals surface area (Å²) in [4.78, 5) is 0. The lowest BCUT2D eigenvalue weighted by molar-refractivity contribution is 0.116. The first-order chi connectivity index (χ1) is 25.1. The molecule has 4 aromatic carbocycles. The van der Waals surface area contributed by atoms with Crippen LogP contribution in [-0.4, -0.2) is 6.10 Å². The van der Waals surface area contributed by atoms with E-state index in [2.05, 4.69) is 178 Å². The maximum absolute atomic E-state index is 6.89. The minimum atomic E-state index is 0.0114. The van der Waals surface area contributed by atoms with Crippen LogP contribution < -0.4 is 0 Å². The molecule has 0 saturated heterocycles. The number of benzene rings is 4. The van der Waals surface area contributed by atoms with Gasteiger partial charge in [0.15, 0.2) is 0 Å². The van der Waals surface area contributed by atoms with Gasteiger partial charge < -0.3 is 4.74 Å². The second-order valence-electron chi connectivity index (χ2n) is 14.5. The van der Waals surface area contributed by atoms with Crippen molar-refractivity contribution in [2.75, 3.05) is 0 Å². The molecule has 0 N–H and O–H groups in total. The topological polar surface area (TPSA) is 20.5 Å². The Morgan fingerprint density at radius 3 is 1.94 bits per heavy atom. The fourth-order valence-electron chi connectivity index (χ4n) is 8.16. The second kappa shape index (κ2) is 14.8. The molecule has 0 spiro atoms. The summed E-state index contributed by atoms with van der Waals surface area (Å²) in [6.45, 7) is 4.73. The number of allylic oxidation sites excluding steroid dienone is 7. The van der Waals surface area contributed by atoms with Crippen molar-refractivity contribution in [3.05, 3.63) is 192 Å². The molecule has 5 aromatic rings. The molecular formula is C49H45O2+. The van der Waals surface area contributed by atoms with E-state index in [1.54, 1.807) is 0 Å². The summed E-state index contributed by atoms with van der Waals surface area (Å²) in [5, 5.41) is 0. The molecule has 4 unspecified atom stereocenters. The molecule has 8 rings (SSSR count). The van der Waals surface area contributed by atoms with E-state index in [1.165, 1.54) is 39.0 Å². The van der Waals surface area contributed by atoms with Gasteiger partial charge in [0.05, 0.1) is 22.8 Å². The van der Waals surface area contributed by atoms with Crippen LogP contribution in [0, 0.1) is 17.8 Å². The minimum absolute atomic E-state index is 0.0114. The van der Waals surface area contributed by atoms with Gasteiger partial charge in [-0.3, -0.25) is 0 Å². The first-order valence-corrected chi connectivity index (χ1v) is 18.5. The third kappa shape index (κ3) is 7.10. The molecule has 2 heteroatoms. The van der Waals surface area contributed by atoms with Crippen LogP contribution in [0.15, 0.2) is 174 Å². The van der Waals surface area contributed by atoms with Gasteiger partial charge in [0.2, 0.25) is 0 Å². The average molecular weight is 666 g/mol. The van der Waals surface area contributed by atoms with Gasteiger partial charge in [-0.1, -0.05) is 147 Å². The third-order valence-corrected chi connectivity index (χ3v) is 10.5. The van der Waals surface area contributed by atoms with Crippen LogP contribution in [0.3, 0.4) is 0 Å². The smallest absolute Gasteiger partial charge is 0.361 e. The molecule has 1 aromatic heterocycles. The predicted octanol–water partition coefficient (Wildman–Crippen LogP) is 12.9. The second-order valence-corrected chi connectivity index (χ2v) is 14.5. The molecule has 0 bridgehead atoms. The van der Waals surface area contributed by atoms with Crippen molar-refractivity contribution in [1.82, 2.24) is 0 Å². The van der Waals surface area contributed by atoms with Gasteiger partial charge in [0, 0.05) is 17.0 Å². The Hall–Kier alpha value is -5.47. The lowest BCUT2D eigenvalue weighted by atomic mass is 9.73. The summed E-state index contributed by atoms with van der Waals surface area (Å²) < 4.78 is 13.7. The van der Waals surface area contributed by atoms with E-state index in [-0.39, 0.29) is 12.0 Å². The largest absolute Gasteiger partial charge is 0.485 e. The molecule has 3 aliphatic rings. The van der Waals surface area contributed by atoms with Crippen molar-refractivity contribution in [3.63, 3.8) is 0 Å². The van der Waals surface area contributed by atoms with Crippen molar-refractivity contribution in [2.24, 2.45) is 17.8 Å². The van der Waals surface area contributed by atoms with Crippen molar-refractivity contribution in [1.29, 1.82) is 0 Å². The van der Waals surface area contributed by atoms with E-state index in [0.717, 1.165) is 54.1 Å². The van der Waals surface area contributed by atoms with Gasteiger partial charge in [-0.2, -0.15) is 0 Å². The molecule has 0 radical (unpaired) electrons. The molecule has 1 saturated carbocycles. The van der Waals surface area contributed by atoms with Crippen LogP contribution in [0.2, 0.25) is 0 Å². The molecule has 4 atom stereocenters. The molecule has 2 nitrogen and oxygen atoms in total. The van der Waals surface area contributed by atoms with E-state index in [0.29, 0.717) is 11.8 Å².